The van der Waals surface area contributed by atoms with E-state index in [0.717, 1.165) is 22.5 Å². The van der Waals surface area contributed by atoms with Gasteiger partial charge in [0.15, 0.2) is 0 Å². The number of nitrogens with two attached hydrogens (primary N) is 1. The molecule has 0 saturated carbocycles. The number of rotatable bonds is 4. The highest BCUT2D eigenvalue weighted by atomic mass is 16.3. The van der Waals surface area contributed by atoms with Gasteiger partial charge in [-0.1, -0.05) is 0 Å². The minimum atomic E-state index is 0.115. The number of aromatic nitrogens is 1. The van der Waals surface area contributed by atoms with Gasteiger partial charge in [-0.3, -0.25) is 0 Å². The molecule has 0 spiro atoms. The molecule has 84 valence electrons. The summed E-state index contributed by atoms with van der Waals surface area (Å²) in [6.07, 6.45) is 3.77. The van der Waals surface area contributed by atoms with E-state index in [9.17, 15) is 0 Å². The van der Waals surface area contributed by atoms with Crippen LogP contribution >= 0.6 is 0 Å². The number of benzene rings is 1. The highest BCUT2D eigenvalue weighted by molar-refractivity contribution is 5.79. The van der Waals surface area contributed by atoms with E-state index >= 15 is 0 Å². The Bertz CT molecular complexity index is 451. The van der Waals surface area contributed by atoms with E-state index in [2.05, 4.69) is 10.3 Å². The molecule has 0 radical (unpaired) electrons. The van der Waals surface area contributed by atoms with Crippen LogP contribution in [0.4, 0.5) is 11.4 Å². The molecule has 0 amide bonds. The van der Waals surface area contributed by atoms with E-state index in [4.69, 9.17) is 10.8 Å². The molecule has 4 heteroatoms. The van der Waals surface area contributed by atoms with Crippen molar-refractivity contribution < 1.29 is 5.11 Å². The van der Waals surface area contributed by atoms with Gasteiger partial charge in [0.05, 0.1) is 6.61 Å². The molecule has 16 heavy (non-hydrogen) atoms. The molecule has 1 aromatic heterocycles. The lowest BCUT2D eigenvalue weighted by Crippen LogP contribution is -2.05. The molecule has 4 nitrogen and oxygen atoms in total. The molecular formula is C12H15N3O. The van der Waals surface area contributed by atoms with Crippen molar-refractivity contribution in [2.45, 2.75) is 0 Å². The van der Waals surface area contributed by atoms with Crippen LogP contribution in [0.2, 0.25) is 0 Å². The maximum absolute atomic E-state index is 8.74. The second kappa shape index (κ2) is 4.72. The molecule has 5 N–H and O–H groups in total. The summed E-state index contributed by atoms with van der Waals surface area (Å²) in [5, 5.41) is 11.9. The first-order chi connectivity index (χ1) is 7.81. The van der Waals surface area contributed by atoms with Crippen molar-refractivity contribution in [2.24, 2.45) is 0 Å². The molecule has 0 atom stereocenters. The SMILES string of the molecule is Nc1ccc(NCCO)cc1-c1cc[nH]c1. The number of aliphatic hydroxyl groups is 1. The predicted molar refractivity (Wildman–Crippen MR) is 66.2 cm³/mol. The standard InChI is InChI=1S/C12H15N3O/c13-12-2-1-10(15-5-6-16)7-11(12)9-3-4-14-8-9/h1-4,7-8,14-16H,5-6,13H2. The number of nitrogen functional groups attached to an aromatic ring is 1. The van der Waals surface area contributed by atoms with Gasteiger partial charge in [0.2, 0.25) is 0 Å². The molecule has 0 saturated heterocycles. The topological polar surface area (TPSA) is 74.1 Å². The highest BCUT2D eigenvalue weighted by Crippen LogP contribution is 2.28. The first-order valence-electron chi connectivity index (χ1n) is 5.18. The second-order valence-electron chi connectivity index (χ2n) is 3.55. The number of anilines is 2. The fourth-order valence-electron chi connectivity index (χ4n) is 1.61. The molecule has 0 aliphatic carbocycles. The average Bonchev–Trinajstić information content (AvgIpc) is 2.81. The normalized spacial score (nSPS) is 10.3. The Hall–Kier alpha value is -1.94. The lowest BCUT2D eigenvalue weighted by Gasteiger charge is -2.08. The fraction of sp³-hybridized carbons (Fsp3) is 0.167. The first-order valence-corrected chi connectivity index (χ1v) is 5.18. The summed E-state index contributed by atoms with van der Waals surface area (Å²) in [5.41, 5.74) is 9.67. The zero-order chi connectivity index (χ0) is 11.4. The smallest absolute Gasteiger partial charge is 0.0604 e. The quantitative estimate of drug-likeness (QED) is 0.588. The van der Waals surface area contributed by atoms with Crippen molar-refractivity contribution in [2.75, 3.05) is 24.2 Å². The van der Waals surface area contributed by atoms with Crippen LogP contribution in [-0.4, -0.2) is 23.2 Å². The minimum Gasteiger partial charge on any atom is -0.398 e. The van der Waals surface area contributed by atoms with Crippen molar-refractivity contribution in [1.29, 1.82) is 0 Å². The minimum absolute atomic E-state index is 0.115. The maximum atomic E-state index is 8.74. The number of H-pyrrole nitrogens is 1. The zero-order valence-corrected chi connectivity index (χ0v) is 8.90. The molecule has 1 aromatic carbocycles. The van der Waals surface area contributed by atoms with Crippen LogP contribution in [0, 0.1) is 0 Å². The summed E-state index contributed by atoms with van der Waals surface area (Å²) >= 11 is 0. The van der Waals surface area contributed by atoms with Crippen molar-refractivity contribution in [1.82, 2.24) is 4.98 Å². The largest absolute Gasteiger partial charge is 0.398 e. The molecule has 0 aliphatic heterocycles. The molecule has 1 heterocycles. The van der Waals surface area contributed by atoms with Gasteiger partial charge < -0.3 is 21.1 Å². The van der Waals surface area contributed by atoms with Crippen LogP contribution in [-0.2, 0) is 0 Å². The van der Waals surface area contributed by atoms with Gasteiger partial charge >= 0.3 is 0 Å². The van der Waals surface area contributed by atoms with Crippen LogP contribution in [0.15, 0.2) is 36.7 Å². The Kier molecular flexibility index (Phi) is 3.12. The Morgan fingerprint density at radius 3 is 2.88 bits per heavy atom. The monoisotopic (exact) mass is 217 g/mol. The third-order valence-corrected chi connectivity index (χ3v) is 2.40. The second-order valence-corrected chi connectivity index (χ2v) is 3.55. The van der Waals surface area contributed by atoms with Crippen molar-refractivity contribution in [3.05, 3.63) is 36.7 Å². The summed E-state index contributed by atoms with van der Waals surface area (Å²) < 4.78 is 0. The number of aromatic amines is 1. The summed E-state index contributed by atoms with van der Waals surface area (Å²) in [4.78, 5) is 3.00. The Morgan fingerprint density at radius 1 is 1.31 bits per heavy atom. The molecule has 0 aliphatic rings. The van der Waals surface area contributed by atoms with E-state index in [1.54, 1.807) is 0 Å². The van der Waals surface area contributed by atoms with E-state index in [-0.39, 0.29) is 6.61 Å². The van der Waals surface area contributed by atoms with Crippen LogP contribution in [0.5, 0.6) is 0 Å². The van der Waals surface area contributed by atoms with Crippen molar-refractivity contribution >= 4 is 11.4 Å². The summed E-state index contributed by atoms with van der Waals surface area (Å²) in [6.45, 7) is 0.653. The Balaban J connectivity index is 2.30. The lowest BCUT2D eigenvalue weighted by molar-refractivity contribution is 0.311. The summed E-state index contributed by atoms with van der Waals surface area (Å²) in [7, 11) is 0. The number of nitrogens with one attached hydrogen (secondary N) is 2. The van der Waals surface area contributed by atoms with Gasteiger partial charge in [0, 0.05) is 41.4 Å². The van der Waals surface area contributed by atoms with Gasteiger partial charge in [-0.25, -0.2) is 0 Å². The first kappa shape index (κ1) is 10.6. The van der Waals surface area contributed by atoms with Gasteiger partial charge in [-0.2, -0.15) is 0 Å². The Morgan fingerprint density at radius 2 is 2.19 bits per heavy atom. The van der Waals surface area contributed by atoms with Gasteiger partial charge in [-0.05, 0) is 24.3 Å². The number of hydrogen-bond donors (Lipinski definition) is 4. The van der Waals surface area contributed by atoms with Crippen LogP contribution in [0.3, 0.4) is 0 Å². The average molecular weight is 217 g/mol. The molecule has 2 rings (SSSR count). The molecule has 2 aromatic rings. The van der Waals surface area contributed by atoms with Gasteiger partial charge in [-0.15, -0.1) is 0 Å². The molecular weight excluding hydrogens is 202 g/mol. The molecule has 0 fully saturated rings. The summed E-state index contributed by atoms with van der Waals surface area (Å²) in [6, 6.07) is 7.72. The Labute approximate surface area is 94.1 Å². The highest BCUT2D eigenvalue weighted by Gasteiger charge is 2.04. The third kappa shape index (κ3) is 2.17. The van der Waals surface area contributed by atoms with Crippen LogP contribution in [0.25, 0.3) is 11.1 Å². The maximum Gasteiger partial charge on any atom is 0.0604 e. The lowest BCUT2D eigenvalue weighted by atomic mass is 10.1. The predicted octanol–water partition coefficient (Wildman–Crippen LogP) is 1.67. The summed E-state index contributed by atoms with van der Waals surface area (Å²) in [5.74, 6) is 0. The number of hydrogen-bond acceptors (Lipinski definition) is 3. The van der Waals surface area contributed by atoms with E-state index in [0.29, 0.717) is 6.54 Å². The third-order valence-electron chi connectivity index (χ3n) is 2.40. The van der Waals surface area contributed by atoms with E-state index < -0.39 is 0 Å². The van der Waals surface area contributed by atoms with Gasteiger partial charge in [0.1, 0.15) is 0 Å². The molecule has 0 bridgehead atoms. The van der Waals surface area contributed by atoms with Gasteiger partial charge in [0.25, 0.3) is 0 Å². The van der Waals surface area contributed by atoms with E-state index in [1.807, 2.05) is 36.7 Å². The molecule has 0 unspecified atom stereocenters. The van der Waals surface area contributed by atoms with Crippen LogP contribution < -0.4 is 11.1 Å². The van der Waals surface area contributed by atoms with Crippen LogP contribution in [0.1, 0.15) is 0 Å². The van der Waals surface area contributed by atoms with Crippen molar-refractivity contribution in [3.8, 4) is 11.1 Å². The van der Waals surface area contributed by atoms with Crippen molar-refractivity contribution in [3.63, 3.8) is 0 Å². The van der Waals surface area contributed by atoms with E-state index in [1.165, 1.54) is 0 Å². The fourth-order valence-corrected chi connectivity index (χ4v) is 1.61. The zero-order valence-electron chi connectivity index (χ0n) is 8.90. The number of aliphatic hydroxyl groups excluding tert-OH is 1.